The Morgan fingerprint density at radius 1 is 1.11 bits per heavy atom. The number of carbonyl (C=O) groups excluding carboxylic acids is 3. The maximum Gasteiger partial charge on any atom is 0.327 e. The Labute approximate surface area is 164 Å². The summed E-state index contributed by atoms with van der Waals surface area (Å²) in [6.45, 7) is 1.52. The van der Waals surface area contributed by atoms with Crippen LogP contribution < -0.4 is 14.8 Å². The van der Waals surface area contributed by atoms with Crippen molar-refractivity contribution >= 4 is 23.5 Å². The highest BCUT2D eigenvalue weighted by molar-refractivity contribution is 6.10. The molecule has 1 saturated heterocycles. The Kier molecular flexibility index (Phi) is 5.49. The lowest BCUT2D eigenvalue weighted by Gasteiger charge is -2.35. The predicted molar refractivity (Wildman–Crippen MR) is 104 cm³/mol. The molecule has 0 unspecified atom stereocenters. The number of nitrogens with one attached hydrogen (secondary N) is 1. The minimum Gasteiger partial charge on any atom is -0.493 e. The molecule has 28 heavy (non-hydrogen) atoms. The minimum absolute atomic E-state index is 0.265. The van der Waals surface area contributed by atoms with E-state index in [4.69, 9.17) is 9.47 Å². The van der Waals surface area contributed by atoms with Crippen LogP contribution in [0.15, 0.2) is 12.1 Å². The molecule has 0 aromatic heterocycles. The summed E-state index contributed by atoms with van der Waals surface area (Å²) in [6.07, 6.45) is 4.19. The van der Waals surface area contributed by atoms with Crippen molar-refractivity contribution in [2.24, 2.45) is 0 Å². The Balaban J connectivity index is 1.75. The first-order valence-electron chi connectivity index (χ1n) is 9.46. The highest BCUT2D eigenvalue weighted by atomic mass is 16.5. The lowest BCUT2D eigenvalue weighted by atomic mass is 9.81. The molecule has 0 radical (unpaired) electrons. The Morgan fingerprint density at radius 2 is 1.71 bits per heavy atom. The van der Waals surface area contributed by atoms with Gasteiger partial charge in [-0.05, 0) is 31.4 Å². The number of aryl methyl sites for hydroxylation is 1. The SMILES string of the molecule is COc1cc(C)c(NC(=O)CN2C(=O)N(C)C3(CCCCC3)C2=O)cc1OC. The fraction of sp³-hybridized carbons (Fsp3) is 0.550. The van der Waals surface area contributed by atoms with E-state index in [9.17, 15) is 14.4 Å². The quantitative estimate of drug-likeness (QED) is 0.782. The van der Waals surface area contributed by atoms with E-state index in [1.807, 2.05) is 6.92 Å². The average molecular weight is 389 g/mol. The summed E-state index contributed by atoms with van der Waals surface area (Å²) in [4.78, 5) is 40.8. The summed E-state index contributed by atoms with van der Waals surface area (Å²) >= 11 is 0. The van der Waals surface area contributed by atoms with E-state index in [0.29, 0.717) is 30.0 Å². The van der Waals surface area contributed by atoms with Crippen LogP contribution in [0, 0.1) is 6.92 Å². The number of carbonyl (C=O) groups is 3. The van der Waals surface area contributed by atoms with Gasteiger partial charge in [-0.2, -0.15) is 0 Å². The normalized spacial score (nSPS) is 18.6. The second-order valence-corrected chi connectivity index (χ2v) is 7.40. The standard InChI is InChI=1S/C20H27N3O5/c1-13-10-15(27-3)16(28-4)11-14(13)21-17(24)12-23-18(25)20(22(2)19(23)26)8-6-5-7-9-20/h10-11H,5-9,12H2,1-4H3,(H,21,24). The van der Waals surface area contributed by atoms with Gasteiger partial charge in [-0.1, -0.05) is 19.3 Å². The van der Waals surface area contributed by atoms with Crippen LogP contribution >= 0.6 is 0 Å². The topological polar surface area (TPSA) is 88.2 Å². The van der Waals surface area contributed by atoms with Crippen molar-refractivity contribution in [2.45, 2.75) is 44.6 Å². The molecule has 4 amide bonds. The molecule has 8 nitrogen and oxygen atoms in total. The van der Waals surface area contributed by atoms with Crippen molar-refractivity contribution in [1.82, 2.24) is 9.80 Å². The molecule has 152 valence electrons. The van der Waals surface area contributed by atoms with Crippen LogP contribution in [0.5, 0.6) is 11.5 Å². The van der Waals surface area contributed by atoms with Gasteiger partial charge in [-0.15, -0.1) is 0 Å². The van der Waals surface area contributed by atoms with Crippen molar-refractivity contribution in [3.8, 4) is 11.5 Å². The lowest BCUT2D eigenvalue weighted by molar-refractivity contribution is -0.136. The van der Waals surface area contributed by atoms with Crippen LogP contribution in [-0.4, -0.2) is 61.0 Å². The smallest absolute Gasteiger partial charge is 0.327 e. The van der Waals surface area contributed by atoms with E-state index in [0.717, 1.165) is 29.7 Å². The van der Waals surface area contributed by atoms with Gasteiger partial charge in [0.1, 0.15) is 12.1 Å². The van der Waals surface area contributed by atoms with Crippen LogP contribution in [-0.2, 0) is 9.59 Å². The molecule has 1 N–H and O–H groups in total. The van der Waals surface area contributed by atoms with Crippen molar-refractivity contribution < 1.29 is 23.9 Å². The van der Waals surface area contributed by atoms with Gasteiger partial charge in [-0.3, -0.25) is 14.5 Å². The fourth-order valence-electron chi connectivity index (χ4n) is 4.12. The molecule has 1 heterocycles. The number of nitrogens with zero attached hydrogens (tertiary/aromatic N) is 2. The van der Waals surface area contributed by atoms with E-state index >= 15 is 0 Å². The summed E-state index contributed by atoms with van der Waals surface area (Å²) in [5.41, 5.74) is 0.544. The Bertz CT molecular complexity index is 801. The number of ether oxygens (including phenoxy) is 2. The van der Waals surface area contributed by atoms with Crippen LogP contribution in [0.25, 0.3) is 0 Å². The summed E-state index contributed by atoms with van der Waals surface area (Å²) < 4.78 is 10.5. The van der Waals surface area contributed by atoms with Crippen molar-refractivity contribution in [3.05, 3.63) is 17.7 Å². The molecule has 3 rings (SSSR count). The zero-order valence-electron chi connectivity index (χ0n) is 16.8. The summed E-state index contributed by atoms with van der Waals surface area (Å²) in [7, 11) is 4.71. The van der Waals surface area contributed by atoms with Gasteiger partial charge in [0.25, 0.3) is 5.91 Å². The van der Waals surface area contributed by atoms with Crippen LogP contribution in [0.3, 0.4) is 0 Å². The molecule has 1 aromatic carbocycles. The maximum atomic E-state index is 13.0. The first-order chi connectivity index (χ1) is 13.3. The number of hydrogen-bond donors (Lipinski definition) is 1. The Hall–Kier alpha value is -2.77. The molecule has 0 atom stereocenters. The molecule has 8 heteroatoms. The molecular weight excluding hydrogens is 362 g/mol. The van der Waals surface area contributed by atoms with Gasteiger partial charge in [0.2, 0.25) is 5.91 Å². The third kappa shape index (κ3) is 3.27. The molecule has 1 spiro atoms. The number of methoxy groups -OCH3 is 2. The lowest BCUT2D eigenvalue weighted by Crippen LogP contribution is -2.49. The van der Waals surface area contributed by atoms with Gasteiger partial charge >= 0.3 is 6.03 Å². The zero-order chi connectivity index (χ0) is 20.5. The van der Waals surface area contributed by atoms with E-state index in [2.05, 4.69) is 5.32 Å². The molecule has 0 bridgehead atoms. The van der Waals surface area contributed by atoms with E-state index < -0.39 is 17.5 Å². The highest BCUT2D eigenvalue weighted by Crippen LogP contribution is 2.39. The summed E-state index contributed by atoms with van der Waals surface area (Å²) in [5, 5.41) is 2.77. The maximum absolute atomic E-state index is 13.0. The van der Waals surface area contributed by atoms with Gasteiger partial charge in [0.15, 0.2) is 11.5 Å². The van der Waals surface area contributed by atoms with Gasteiger partial charge < -0.3 is 19.7 Å². The van der Waals surface area contributed by atoms with Crippen molar-refractivity contribution in [3.63, 3.8) is 0 Å². The first-order valence-corrected chi connectivity index (χ1v) is 9.46. The number of benzene rings is 1. The number of anilines is 1. The molecular formula is C20H27N3O5. The van der Waals surface area contributed by atoms with Crippen molar-refractivity contribution in [2.75, 3.05) is 33.1 Å². The van der Waals surface area contributed by atoms with E-state index in [1.165, 1.54) is 19.1 Å². The second kappa shape index (κ2) is 7.69. The van der Waals surface area contributed by atoms with Crippen molar-refractivity contribution in [1.29, 1.82) is 0 Å². The van der Waals surface area contributed by atoms with Gasteiger partial charge in [-0.25, -0.2) is 4.79 Å². The average Bonchev–Trinajstić information content (AvgIpc) is 2.86. The second-order valence-electron chi connectivity index (χ2n) is 7.40. The number of hydrogen-bond acceptors (Lipinski definition) is 5. The number of imide groups is 1. The molecule has 1 aromatic rings. The molecule has 2 fully saturated rings. The van der Waals surface area contributed by atoms with Crippen LogP contribution in [0.2, 0.25) is 0 Å². The first kappa shape index (κ1) is 20.0. The predicted octanol–water partition coefficient (Wildman–Crippen LogP) is 2.55. The molecule has 1 aliphatic heterocycles. The van der Waals surface area contributed by atoms with E-state index in [1.54, 1.807) is 19.2 Å². The largest absolute Gasteiger partial charge is 0.493 e. The van der Waals surface area contributed by atoms with E-state index in [-0.39, 0.29) is 12.5 Å². The van der Waals surface area contributed by atoms with Crippen LogP contribution in [0.4, 0.5) is 10.5 Å². The molecule has 1 saturated carbocycles. The third-order valence-corrected chi connectivity index (χ3v) is 5.79. The zero-order valence-corrected chi connectivity index (χ0v) is 16.8. The summed E-state index contributed by atoms with van der Waals surface area (Å²) in [6, 6.07) is 3.01. The molecule has 1 aliphatic carbocycles. The minimum atomic E-state index is -0.783. The highest BCUT2D eigenvalue weighted by Gasteiger charge is 2.55. The number of likely N-dealkylation sites (N-methyl/N-ethyl adjacent to an activating group) is 1. The third-order valence-electron chi connectivity index (χ3n) is 5.79. The number of urea groups is 1. The van der Waals surface area contributed by atoms with Gasteiger partial charge in [0, 0.05) is 18.8 Å². The number of amides is 4. The summed E-state index contributed by atoms with van der Waals surface area (Å²) in [5.74, 6) is 0.346. The number of rotatable bonds is 5. The fourth-order valence-corrected chi connectivity index (χ4v) is 4.12. The van der Waals surface area contributed by atoms with Gasteiger partial charge in [0.05, 0.1) is 14.2 Å². The molecule has 2 aliphatic rings. The Morgan fingerprint density at radius 3 is 2.32 bits per heavy atom. The monoisotopic (exact) mass is 389 g/mol. The van der Waals surface area contributed by atoms with Crippen LogP contribution in [0.1, 0.15) is 37.7 Å².